The van der Waals surface area contributed by atoms with Crippen molar-refractivity contribution < 1.29 is 23.6 Å². The summed E-state index contributed by atoms with van der Waals surface area (Å²) in [5.41, 5.74) is 0.561. The molecule has 3 rings (SSSR count). The summed E-state index contributed by atoms with van der Waals surface area (Å²) in [4.78, 5) is 22.7. The summed E-state index contributed by atoms with van der Waals surface area (Å²) < 4.78 is 15.8. The monoisotopic (exact) mass is 402 g/mol. The fourth-order valence-corrected chi connectivity index (χ4v) is 2.88. The van der Waals surface area contributed by atoms with E-state index in [9.17, 15) is 14.9 Å². The molecule has 1 amide bonds. The van der Waals surface area contributed by atoms with Gasteiger partial charge in [0.15, 0.2) is 0 Å². The zero-order valence-electron chi connectivity index (χ0n) is 14.7. The maximum atomic E-state index is 12.0. The number of nitro groups is 1. The largest absolute Gasteiger partial charge is 0.497 e. The first kappa shape index (κ1) is 19.0. The molecule has 0 spiro atoms. The Kier molecular flexibility index (Phi) is 5.65. The number of hydrogen-bond donors (Lipinski definition) is 1. The minimum absolute atomic E-state index is 0.00433. The molecule has 0 fully saturated rings. The molecule has 0 atom stereocenters. The lowest BCUT2D eigenvalue weighted by Crippen LogP contribution is -2.07. The molecule has 144 valence electrons. The number of nitrogens with zero attached hydrogens (tertiary/aromatic N) is 3. The standard InChI is InChI=1S/C17H14N4O6S/c1-25-11-7-10(8-12(9-11)26-2)16-19-20-17(27-16)18-14(22)5-3-13-4-6-15(28-13)21(23)24/h3-9H,1-2H3,(H,18,20,22)/b5-3+. The van der Waals surface area contributed by atoms with Crippen molar-refractivity contribution in [2.24, 2.45) is 0 Å². The van der Waals surface area contributed by atoms with Crippen molar-refractivity contribution in [3.05, 3.63) is 51.4 Å². The highest BCUT2D eigenvalue weighted by Gasteiger charge is 2.13. The first-order chi connectivity index (χ1) is 13.5. The Morgan fingerprint density at radius 2 is 1.93 bits per heavy atom. The molecule has 0 bridgehead atoms. The molecule has 2 heterocycles. The molecule has 3 aromatic rings. The van der Waals surface area contributed by atoms with Crippen LogP contribution in [0.4, 0.5) is 11.0 Å². The van der Waals surface area contributed by atoms with Crippen molar-refractivity contribution in [1.82, 2.24) is 10.2 Å². The number of aromatic nitrogens is 2. The van der Waals surface area contributed by atoms with Gasteiger partial charge in [0.05, 0.1) is 19.1 Å². The second kappa shape index (κ2) is 8.31. The molecule has 2 aromatic heterocycles. The van der Waals surface area contributed by atoms with Gasteiger partial charge in [-0.1, -0.05) is 16.4 Å². The fraction of sp³-hybridized carbons (Fsp3) is 0.118. The molecule has 0 aliphatic heterocycles. The normalized spacial score (nSPS) is 10.8. The topological polar surface area (TPSA) is 130 Å². The van der Waals surface area contributed by atoms with Crippen LogP contribution in [0, 0.1) is 10.1 Å². The Labute approximate surface area is 162 Å². The van der Waals surface area contributed by atoms with Gasteiger partial charge in [0.25, 0.3) is 5.91 Å². The molecule has 0 saturated heterocycles. The average molecular weight is 402 g/mol. The number of rotatable bonds is 7. The van der Waals surface area contributed by atoms with Gasteiger partial charge in [0, 0.05) is 28.6 Å². The SMILES string of the molecule is COc1cc(OC)cc(-c2nnc(NC(=O)/C=C/c3ccc([N+](=O)[O-])s3)o2)c1. The molecule has 0 saturated carbocycles. The second-order valence-corrected chi connectivity index (χ2v) is 6.36. The highest BCUT2D eigenvalue weighted by atomic mass is 32.1. The van der Waals surface area contributed by atoms with E-state index in [0.29, 0.717) is 21.9 Å². The van der Waals surface area contributed by atoms with Crippen LogP contribution in [-0.2, 0) is 4.79 Å². The Morgan fingerprint density at radius 3 is 2.54 bits per heavy atom. The Balaban J connectivity index is 1.69. The first-order valence-electron chi connectivity index (χ1n) is 7.78. The molecule has 28 heavy (non-hydrogen) atoms. The molecular formula is C17H14N4O6S. The van der Waals surface area contributed by atoms with E-state index in [4.69, 9.17) is 13.9 Å². The van der Waals surface area contributed by atoms with Gasteiger partial charge in [-0.15, -0.1) is 5.10 Å². The van der Waals surface area contributed by atoms with E-state index in [-0.39, 0.29) is 16.9 Å². The van der Waals surface area contributed by atoms with E-state index >= 15 is 0 Å². The van der Waals surface area contributed by atoms with Crippen LogP contribution in [0.2, 0.25) is 0 Å². The number of anilines is 1. The number of nitrogens with one attached hydrogen (secondary N) is 1. The van der Waals surface area contributed by atoms with Crippen molar-refractivity contribution >= 4 is 34.3 Å². The van der Waals surface area contributed by atoms with Crippen LogP contribution in [0.1, 0.15) is 4.88 Å². The zero-order chi connectivity index (χ0) is 20.1. The number of ether oxygens (including phenoxy) is 2. The van der Waals surface area contributed by atoms with Crippen LogP contribution in [0.5, 0.6) is 11.5 Å². The van der Waals surface area contributed by atoms with Crippen molar-refractivity contribution in [3.63, 3.8) is 0 Å². The molecule has 11 heteroatoms. The summed E-state index contributed by atoms with van der Waals surface area (Å²) in [6.45, 7) is 0. The molecular weight excluding hydrogens is 388 g/mol. The number of benzene rings is 1. The van der Waals surface area contributed by atoms with Gasteiger partial charge in [-0.05, 0) is 24.3 Å². The Bertz CT molecular complexity index is 1020. The van der Waals surface area contributed by atoms with Crippen molar-refractivity contribution in [2.45, 2.75) is 0 Å². The van der Waals surface area contributed by atoms with Gasteiger partial charge in [-0.2, -0.15) is 0 Å². The molecule has 0 aliphatic carbocycles. The molecule has 0 radical (unpaired) electrons. The summed E-state index contributed by atoms with van der Waals surface area (Å²) in [7, 11) is 3.04. The van der Waals surface area contributed by atoms with Crippen LogP contribution < -0.4 is 14.8 Å². The van der Waals surface area contributed by atoms with E-state index in [1.807, 2.05) is 0 Å². The first-order valence-corrected chi connectivity index (χ1v) is 8.60. The predicted molar refractivity (Wildman–Crippen MR) is 101 cm³/mol. The van der Waals surface area contributed by atoms with Crippen LogP contribution in [0.25, 0.3) is 17.5 Å². The highest BCUT2D eigenvalue weighted by molar-refractivity contribution is 7.16. The van der Waals surface area contributed by atoms with Gasteiger partial charge < -0.3 is 13.9 Å². The third-order valence-electron chi connectivity index (χ3n) is 3.45. The third-order valence-corrected chi connectivity index (χ3v) is 4.45. The quantitative estimate of drug-likeness (QED) is 0.362. The van der Waals surface area contributed by atoms with Crippen molar-refractivity contribution in [2.75, 3.05) is 19.5 Å². The number of methoxy groups -OCH3 is 2. The smallest absolute Gasteiger partial charge is 0.324 e. The number of hydrogen-bond acceptors (Lipinski definition) is 9. The third kappa shape index (κ3) is 4.51. The highest BCUT2D eigenvalue weighted by Crippen LogP contribution is 2.29. The lowest BCUT2D eigenvalue weighted by Gasteiger charge is -2.05. The average Bonchev–Trinajstić information content (AvgIpc) is 3.35. The molecule has 10 nitrogen and oxygen atoms in total. The molecule has 0 unspecified atom stereocenters. The van der Waals surface area contributed by atoms with E-state index < -0.39 is 10.8 Å². The maximum absolute atomic E-state index is 12.0. The van der Waals surface area contributed by atoms with Gasteiger partial charge in [-0.25, -0.2) is 0 Å². The summed E-state index contributed by atoms with van der Waals surface area (Å²) in [5.74, 6) is 0.747. The molecule has 1 aromatic carbocycles. The molecule has 1 N–H and O–H groups in total. The minimum atomic E-state index is -0.519. The number of carbonyl (C=O) groups is 1. The van der Waals surface area contributed by atoms with Gasteiger partial charge >= 0.3 is 11.0 Å². The van der Waals surface area contributed by atoms with Gasteiger partial charge in [-0.3, -0.25) is 20.2 Å². The van der Waals surface area contributed by atoms with E-state index in [2.05, 4.69) is 15.5 Å². The summed E-state index contributed by atoms with van der Waals surface area (Å²) in [6, 6.07) is 7.89. The predicted octanol–water partition coefficient (Wildman–Crippen LogP) is 3.38. The van der Waals surface area contributed by atoms with Crippen LogP contribution >= 0.6 is 11.3 Å². The molecule has 0 aliphatic rings. The summed E-state index contributed by atoms with van der Waals surface area (Å²) in [5, 5.41) is 20.8. The Morgan fingerprint density at radius 1 is 1.21 bits per heavy atom. The van der Waals surface area contributed by atoms with E-state index in [0.717, 1.165) is 11.3 Å². The second-order valence-electron chi connectivity index (χ2n) is 5.27. The number of carbonyl (C=O) groups excluding carboxylic acids is 1. The summed E-state index contributed by atoms with van der Waals surface area (Å²) >= 11 is 0.957. The van der Waals surface area contributed by atoms with Gasteiger partial charge in [0.1, 0.15) is 11.5 Å². The lowest BCUT2D eigenvalue weighted by molar-refractivity contribution is -0.380. The van der Waals surface area contributed by atoms with Crippen LogP contribution in [-0.4, -0.2) is 35.2 Å². The van der Waals surface area contributed by atoms with E-state index in [1.165, 1.54) is 32.4 Å². The Hall–Kier alpha value is -3.73. The van der Waals surface area contributed by atoms with E-state index in [1.54, 1.807) is 24.3 Å². The zero-order valence-corrected chi connectivity index (χ0v) is 15.6. The van der Waals surface area contributed by atoms with Crippen LogP contribution in [0.3, 0.4) is 0 Å². The summed E-state index contributed by atoms with van der Waals surface area (Å²) in [6.07, 6.45) is 2.67. The number of amides is 1. The van der Waals surface area contributed by atoms with Crippen molar-refractivity contribution in [3.8, 4) is 23.0 Å². The van der Waals surface area contributed by atoms with Crippen LogP contribution in [0.15, 0.2) is 40.8 Å². The van der Waals surface area contributed by atoms with Gasteiger partial charge in [0.2, 0.25) is 5.89 Å². The fourth-order valence-electron chi connectivity index (χ4n) is 2.16. The lowest BCUT2D eigenvalue weighted by atomic mass is 10.2. The maximum Gasteiger partial charge on any atom is 0.324 e. The van der Waals surface area contributed by atoms with Crippen molar-refractivity contribution in [1.29, 1.82) is 0 Å². The minimum Gasteiger partial charge on any atom is -0.497 e. The number of thiophene rings is 1.